The first-order valence-electron chi connectivity index (χ1n) is 17.4. The van der Waals surface area contributed by atoms with E-state index in [1.54, 1.807) is 6.07 Å². The number of H-pyrrole nitrogens is 1. The lowest BCUT2D eigenvalue weighted by Gasteiger charge is -2.31. The predicted octanol–water partition coefficient (Wildman–Crippen LogP) is 7.93. The summed E-state index contributed by atoms with van der Waals surface area (Å²) in [7, 11) is -3.74. The minimum atomic E-state index is -3.74. The van der Waals surface area contributed by atoms with Gasteiger partial charge in [0.1, 0.15) is 17.9 Å². The highest BCUT2D eigenvalue weighted by atomic mass is 31.2. The third-order valence-electron chi connectivity index (χ3n) is 7.89. The molecule has 13 nitrogen and oxygen atoms in total. The molecule has 1 atom stereocenters. The Morgan fingerprint density at radius 2 is 1.81 bits per heavy atom. The van der Waals surface area contributed by atoms with Gasteiger partial charge in [-0.15, -0.1) is 0 Å². The Kier molecular flexibility index (Phi) is 12.6. The highest BCUT2D eigenvalue weighted by Crippen LogP contribution is 2.55. The summed E-state index contributed by atoms with van der Waals surface area (Å²) in [6.07, 6.45) is 4.98. The number of ether oxygens (including phenoxy) is 1. The summed E-state index contributed by atoms with van der Waals surface area (Å²) in [5.41, 5.74) is -0.458. The van der Waals surface area contributed by atoms with Crippen molar-refractivity contribution in [1.29, 1.82) is 0 Å². The van der Waals surface area contributed by atoms with Crippen LogP contribution in [0.5, 0.6) is 5.75 Å². The maximum atomic E-state index is 13.9. The van der Waals surface area contributed by atoms with E-state index in [1.807, 2.05) is 59.7 Å². The van der Waals surface area contributed by atoms with Crippen LogP contribution < -0.4 is 15.4 Å². The van der Waals surface area contributed by atoms with Gasteiger partial charge in [-0.2, -0.15) is 5.10 Å². The molecule has 4 aromatic rings. The van der Waals surface area contributed by atoms with Crippen molar-refractivity contribution in [2.75, 3.05) is 36.9 Å². The molecule has 1 aliphatic heterocycles. The Balaban J connectivity index is 1.08. The van der Waals surface area contributed by atoms with Crippen molar-refractivity contribution in [2.45, 2.75) is 90.9 Å². The van der Waals surface area contributed by atoms with Gasteiger partial charge in [0.05, 0.1) is 42.0 Å². The van der Waals surface area contributed by atoms with E-state index in [-0.39, 0.29) is 18.7 Å². The summed E-state index contributed by atoms with van der Waals surface area (Å²) in [5.74, 6) is -1.09. The molecule has 0 aliphatic carbocycles. The summed E-state index contributed by atoms with van der Waals surface area (Å²) in [5, 5.41) is 13.2. The van der Waals surface area contributed by atoms with Crippen molar-refractivity contribution >= 4 is 42.0 Å². The van der Waals surface area contributed by atoms with E-state index >= 15 is 0 Å². The summed E-state index contributed by atoms with van der Waals surface area (Å²) in [6, 6.07) is 11.1. The Morgan fingerprint density at radius 1 is 1.04 bits per heavy atom. The molecule has 1 amide bonds. The van der Waals surface area contributed by atoms with Gasteiger partial charge in [-0.3, -0.25) is 23.5 Å². The normalized spacial score (nSPS) is 15.7. The van der Waals surface area contributed by atoms with Crippen LogP contribution >= 0.6 is 7.82 Å². The van der Waals surface area contributed by atoms with Crippen LogP contribution in [0.25, 0.3) is 10.9 Å². The lowest BCUT2D eigenvalue weighted by atomic mass is 10.1. The molecule has 1 saturated heterocycles. The standard InChI is InChI=1S/C36H48F2N7O6P/c1-35(2,3)50-52(47,51-36(4,5)6)49-19-15-25-10-8-16-45(25)17-9-18-48-26-13-14-27-30(22-26)39-23-40-34(27)42-31-20-24(43-44-31)21-32(46)41-29-12-7-11-28(37)33(29)38/h7,11-14,20,22-23,25H,8-10,15-19,21H2,1-6H3,(H,41,46)(H2,39,40,42,43,44). The zero-order valence-corrected chi connectivity index (χ0v) is 31.4. The zero-order valence-electron chi connectivity index (χ0n) is 30.5. The third-order valence-corrected chi connectivity index (χ3v) is 9.93. The maximum absolute atomic E-state index is 13.9. The van der Waals surface area contributed by atoms with Crippen molar-refractivity contribution in [3.05, 3.63) is 66.1 Å². The molecule has 0 saturated carbocycles. The molecule has 3 heterocycles. The van der Waals surface area contributed by atoms with Crippen LogP contribution in [-0.2, 0) is 29.4 Å². The number of phosphoric ester groups is 1. The van der Waals surface area contributed by atoms with Gasteiger partial charge in [-0.25, -0.2) is 23.3 Å². The quantitative estimate of drug-likeness (QED) is 0.0758. The van der Waals surface area contributed by atoms with E-state index in [1.165, 1.54) is 18.5 Å². The van der Waals surface area contributed by atoms with Crippen LogP contribution in [0.2, 0.25) is 0 Å². The van der Waals surface area contributed by atoms with Crippen LogP contribution in [0, 0.1) is 11.6 Å². The number of amides is 1. The van der Waals surface area contributed by atoms with Crippen molar-refractivity contribution < 1.29 is 36.4 Å². The van der Waals surface area contributed by atoms with E-state index in [9.17, 15) is 18.1 Å². The van der Waals surface area contributed by atoms with E-state index in [0.717, 1.165) is 50.2 Å². The number of hydrogen-bond donors (Lipinski definition) is 3. The first kappa shape index (κ1) is 39.2. The monoisotopic (exact) mass is 743 g/mol. The van der Waals surface area contributed by atoms with Crippen molar-refractivity contribution in [3.8, 4) is 5.75 Å². The molecule has 2 aromatic carbocycles. The van der Waals surface area contributed by atoms with Gasteiger partial charge in [-0.1, -0.05) is 6.07 Å². The summed E-state index contributed by atoms with van der Waals surface area (Å²) in [4.78, 5) is 23.6. The number of nitrogens with zero attached hydrogens (tertiary/aromatic N) is 4. The minimum absolute atomic E-state index is 0.133. The summed E-state index contributed by atoms with van der Waals surface area (Å²) >= 11 is 0. The first-order valence-corrected chi connectivity index (χ1v) is 18.8. The molecule has 0 radical (unpaired) electrons. The van der Waals surface area contributed by atoms with Crippen LogP contribution in [0.3, 0.4) is 0 Å². The average Bonchev–Trinajstić information content (AvgIpc) is 3.68. The van der Waals surface area contributed by atoms with Crippen molar-refractivity contribution in [1.82, 2.24) is 25.1 Å². The Hall–Kier alpha value is -4.01. The predicted molar refractivity (Wildman–Crippen MR) is 195 cm³/mol. The smallest absolute Gasteiger partial charge is 0.475 e. The van der Waals surface area contributed by atoms with E-state index in [4.69, 9.17) is 18.3 Å². The lowest BCUT2D eigenvalue weighted by molar-refractivity contribution is -0.115. The van der Waals surface area contributed by atoms with Gasteiger partial charge in [-0.05, 0) is 98.0 Å². The van der Waals surface area contributed by atoms with Gasteiger partial charge in [0.2, 0.25) is 5.91 Å². The molecular weight excluding hydrogens is 695 g/mol. The molecule has 1 fully saturated rings. The second-order valence-electron chi connectivity index (χ2n) is 14.6. The van der Waals surface area contributed by atoms with Crippen molar-refractivity contribution in [3.63, 3.8) is 0 Å². The van der Waals surface area contributed by atoms with Gasteiger partial charge in [0, 0.05) is 35.8 Å². The number of carbonyl (C=O) groups is 1. The number of anilines is 3. The maximum Gasteiger partial charge on any atom is 0.475 e. The van der Waals surface area contributed by atoms with Gasteiger partial charge >= 0.3 is 7.82 Å². The molecule has 0 bridgehead atoms. The van der Waals surface area contributed by atoms with Crippen LogP contribution in [0.1, 0.15) is 72.9 Å². The fraction of sp³-hybridized carbons (Fsp3) is 0.500. The van der Waals surface area contributed by atoms with Crippen molar-refractivity contribution in [2.24, 2.45) is 0 Å². The topological polar surface area (TPSA) is 153 Å². The molecule has 5 rings (SSSR count). The number of halogens is 2. The number of fused-ring (bicyclic) bond motifs is 1. The molecule has 1 unspecified atom stereocenters. The number of aromatic amines is 1. The number of carbonyl (C=O) groups excluding carboxylic acids is 1. The number of hydrogen-bond acceptors (Lipinski definition) is 11. The van der Waals surface area contributed by atoms with Gasteiger partial charge < -0.3 is 20.3 Å². The summed E-state index contributed by atoms with van der Waals surface area (Å²) in [6.45, 7) is 13.6. The van der Waals surface area contributed by atoms with E-state index in [2.05, 4.69) is 35.7 Å². The molecule has 282 valence electrons. The molecule has 0 spiro atoms. The average molecular weight is 744 g/mol. The molecule has 52 heavy (non-hydrogen) atoms. The fourth-order valence-corrected chi connectivity index (χ4v) is 7.66. The largest absolute Gasteiger partial charge is 0.493 e. The fourth-order valence-electron chi connectivity index (χ4n) is 5.85. The van der Waals surface area contributed by atoms with Gasteiger partial charge in [0.25, 0.3) is 0 Å². The third kappa shape index (κ3) is 11.5. The van der Waals surface area contributed by atoms with Crippen LogP contribution in [0.4, 0.5) is 26.1 Å². The molecule has 3 N–H and O–H groups in total. The molecule has 16 heteroatoms. The number of phosphoric acid groups is 1. The van der Waals surface area contributed by atoms with Crippen LogP contribution in [0.15, 0.2) is 48.8 Å². The van der Waals surface area contributed by atoms with E-state index < -0.39 is 36.6 Å². The number of likely N-dealkylation sites (tertiary alicyclic amines) is 1. The summed E-state index contributed by atoms with van der Waals surface area (Å²) < 4.78 is 64.1. The van der Waals surface area contributed by atoms with Crippen LogP contribution in [-0.4, -0.2) is 74.5 Å². The first-order chi connectivity index (χ1) is 24.6. The second-order valence-corrected chi connectivity index (χ2v) is 16.2. The lowest BCUT2D eigenvalue weighted by Crippen LogP contribution is -2.32. The second kappa shape index (κ2) is 16.8. The highest BCUT2D eigenvalue weighted by Gasteiger charge is 2.37. The Morgan fingerprint density at radius 3 is 2.56 bits per heavy atom. The zero-order chi connectivity index (χ0) is 37.5. The highest BCUT2D eigenvalue weighted by molar-refractivity contribution is 7.48. The minimum Gasteiger partial charge on any atom is -0.493 e. The molecule has 2 aromatic heterocycles. The molecule has 1 aliphatic rings. The number of benzene rings is 2. The Bertz CT molecular complexity index is 1860. The number of aromatic nitrogens is 4. The number of rotatable bonds is 16. The number of nitrogens with one attached hydrogen (secondary N) is 3. The molecular formula is C36H48F2N7O6P. The Labute approximate surface area is 302 Å². The SMILES string of the molecule is CC(C)(C)OP(=O)(OCCC1CCCN1CCCOc1ccc2c(Nc3cc(CC(=O)Nc4cccc(F)c4F)[nH]n3)ncnc2c1)OC(C)(C)C. The van der Waals surface area contributed by atoms with E-state index in [0.29, 0.717) is 41.2 Å². The van der Waals surface area contributed by atoms with Gasteiger partial charge in [0.15, 0.2) is 17.5 Å².